The zero-order valence-corrected chi connectivity index (χ0v) is 13.8. The van der Waals surface area contributed by atoms with Crippen LogP contribution < -0.4 is 10.1 Å². The largest absolute Gasteiger partial charge is 0.475 e. The van der Waals surface area contributed by atoms with Crippen molar-refractivity contribution < 1.29 is 9.47 Å². The summed E-state index contributed by atoms with van der Waals surface area (Å²) in [5.74, 6) is 1.26. The molecule has 0 bridgehead atoms. The van der Waals surface area contributed by atoms with Crippen LogP contribution in [-0.2, 0) is 4.74 Å². The van der Waals surface area contributed by atoms with E-state index in [-0.39, 0.29) is 0 Å². The molecule has 0 aliphatic rings. The van der Waals surface area contributed by atoms with Crippen molar-refractivity contribution in [3.63, 3.8) is 0 Å². The molecule has 2 aromatic heterocycles. The molecule has 5 nitrogen and oxygen atoms in total. The van der Waals surface area contributed by atoms with Crippen LogP contribution in [0.4, 0.5) is 5.95 Å². The monoisotopic (exact) mass is 309 g/mol. The van der Waals surface area contributed by atoms with Gasteiger partial charge in [-0.05, 0) is 26.3 Å². The summed E-state index contributed by atoms with van der Waals surface area (Å²) in [6, 6.07) is 2.07. The molecule has 0 unspecified atom stereocenters. The van der Waals surface area contributed by atoms with Crippen molar-refractivity contribution in [1.82, 2.24) is 9.97 Å². The van der Waals surface area contributed by atoms with Crippen molar-refractivity contribution in [2.75, 3.05) is 31.7 Å². The van der Waals surface area contributed by atoms with Gasteiger partial charge < -0.3 is 14.8 Å². The number of nitrogens with one attached hydrogen (secondary N) is 1. The number of rotatable bonds is 9. The molecule has 2 rings (SSSR count). The smallest absolute Gasteiger partial charge is 0.227 e. The lowest BCUT2D eigenvalue weighted by Crippen LogP contribution is -2.10. The molecule has 6 heteroatoms. The molecular formula is C15H23N3O2S. The third-order valence-corrected chi connectivity index (χ3v) is 3.87. The molecule has 0 saturated carbocycles. The number of anilines is 1. The van der Waals surface area contributed by atoms with Crippen LogP contribution >= 0.6 is 11.3 Å². The second kappa shape index (κ2) is 8.14. The van der Waals surface area contributed by atoms with Gasteiger partial charge in [0.2, 0.25) is 11.8 Å². The Kier molecular flexibility index (Phi) is 6.20. The number of ether oxygens (including phenoxy) is 2. The van der Waals surface area contributed by atoms with Gasteiger partial charge in [0, 0.05) is 18.0 Å². The number of fused-ring (bicyclic) bond motifs is 1. The van der Waals surface area contributed by atoms with Gasteiger partial charge >= 0.3 is 0 Å². The van der Waals surface area contributed by atoms with Crippen LogP contribution in [-0.4, -0.2) is 36.3 Å². The van der Waals surface area contributed by atoms with E-state index in [1.165, 1.54) is 4.88 Å². The molecular weight excluding hydrogens is 286 g/mol. The highest BCUT2D eigenvalue weighted by Crippen LogP contribution is 2.30. The fourth-order valence-corrected chi connectivity index (χ4v) is 2.78. The van der Waals surface area contributed by atoms with Crippen LogP contribution in [0.15, 0.2) is 6.07 Å². The molecule has 0 aliphatic heterocycles. The minimum absolute atomic E-state index is 0.510. The minimum atomic E-state index is 0.510. The van der Waals surface area contributed by atoms with Crippen LogP contribution in [0.3, 0.4) is 0 Å². The first kappa shape index (κ1) is 16.0. The van der Waals surface area contributed by atoms with Crippen LogP contribution in [0.1, 0.15) is 31.6 Å². The highest BCUT2D eigenvalue weighted by atomic mass is 32.1. The molecule has 2 aromatic rings. The Morgan fingerprint density at radius 2 is 2.05 bits per heavy atom. The van der Waals surface area contributed by atoms with E-state index in [1.807, 2.05) is 6.92 Å². The van der Waals surface area contributed by atoms with Gasteiger partial charge in [-0.2, -0.15) is 4.98 Å². The Morgan fingerprint density at radius 1 is 1.19 bits per heavy atom. The van der Waals surface area contributed by atoms with Crippen LogP contribution in [0.25, 0.3) is 10.2 Å². The maximum atomic E-state index is 5.79. The van der Waals surface area contributed by atoms with Crippen LogP contribution in [0, 0.1) is 6.92 Å². The van der Waals surface area contributed by atoms with Crippen molar-refractivity contribution >= 4 is 27.5 Å². The fourth-order valence-electron chi connectivity index (χ4n) is 1.91. The van der Waals surface area contributed by atoms with Gasteiger partial charge in [0.05, 0.1) is 12.0 Å². The highest BCUT2D eigenvalue weighted by molar-refractivity contribution is 7.18. The van der Waals surface area contributed by atoms with E-state index >= 15 is 0 Å². The predicted octanol–water partition coefficient (Wildman–Crippen LogP) is 3.63. The summed E-state index contributed by atoms with van der Waals surface area (Å²) in [6.07, 6.45) is 2.24. The number of hydrogen-bond acceptors (Lipinski definition) is 6. The first-order valence-corrected chi connectivity index (χ1v) is 8.28. The molecule has 116 valence electrons. The van der Waals surface area contributed by atoms with E-state index in [0.29, 0.717) is 25.0 Å². The fraction of sp³-hybridized carbons (Fsp3) is 0.600. The van der Waals surface area contributed by atoms with Gasteiger partial charge in [-0.1, -0.05) is 13.3 Å². The first-order chi connectivity index (χ1) is 10.2. The second-order valence-corrected chi connectivity index (χ2v) is 6.01. The molecule has 21 heavy (non-hydrogen) atoms. The van der Waals surface area contributed by atoms with Crippen molar-refractivity contribution in [2.24, 2.45) is 0 Å². The van der Waals surface area contributed by atoms with Crippen molar-refractivity contribution in [3.05, 3.63) is 10.9 Å². The summed E-state index contributed by atoms with van der Waals surface area (Å²) in [5, 5.41) is 4.12. The normalized spacial score (nSPS) is 11.0. The summed E-state index contributed by atoms with van der Waals surface area (Å²) < 4.78 is 11.3. The molecule has 0 amide bonds. The highest BCUT2D eigenvalue weighted by Gasteiger charge is 2.11. The van der Waals surface area contributed by atoms with Crippen molar-refractivity contribution in [3.8, 4) is 5.88 Å². The van der Waals surface area contributed by atoms with Gasteiger partial charge in [-0.3, -0.25) is 0 Å². The Morgan fingerprint density at radius 3 is 2.81 bits per heavy atom. The number of hydrogen-bond donors (Lipinski definition) is 1. The lowest BCUT2D eigenvalue weighted by Gasteiger charge is -2.09. The molecule has 0 atom stereocenters. The van der Waals surface area contributed by atoms with Crippen LogP contribution in [0.5, 0.6) is 5.88 Å². The number of nitrogens with zero attached hydrogens (tertiary/aromatic N) is 2. The summed E-state index contributed by atoms with van der Waals surface area (Å²) in [5.41, 5.74) is 0. The van der Waals surface area contributed by atoms with E-state index in [9.17, 15) is 0 Å². The topological polar surface area (TPSA) is 56.3 Å². The molecule has 2 heterocycles. The zero-order valence-electron chi connectivity index (χ0n) is 12.9. The predicted molar refractivity (Wildman–Crippen MR) is 87.5 cm³/mol. The molecule has 0 radical (unpaired) electrons. The summed E-state index contributed by atoms with van der Waals surface area (Å²) >= 11 is 1.65. The maximum absolute atomic E-state index is 5.79. The van der Waals surface area contributed by atoms with Gasteiger partial charge in [0.25, 0.3) is 0 Å². The van der Waals surface area contributed by atoms with Crippen molar-refractivity contribution in [1.29, 1.82) is 0 Å². The Labute approximate surface area is 129 Å². The van der Waals surface area contributed by atoms with Crippen molar-refractivity contribution in [2.45, 2.75) is 33.6 Å². The summed E-state index contributed by atoms with van der Waals surface area (Å²) in [6.45, 7) is 8.92. The molecule has 0 saturated heterocycles. The Balaban J connectivity index is 2.02. The summed E-state index contributed by atoms with van der Waals surface area (Å²) in [7, 11) is 0. The van der Waals surface area contributed by atoms with E-state index < -0.39 is 0 Å². The second-order valence-electron chi connectivity index (χ2n) is 4.77. The Bertz CT molecular complexity index is 571. The van der Waals surface area contributed by atoms with Gasteiger partial charge in [-0.15, -0.1) is 11.3 Å². The summed E-state index contributed by atoms with van der Waals surface area (Å²) in [4.78, 5) is 11.1. The molecule has 1 N–H and O–H groups in total. The SMILES string of the molecule is CCCCOCCOc1nc(NCC)nc2sc(C)cc12. The van der Waals surface area contributed by atoms with E-state index in [2.05, 4.69) is 35.2 Å². The van der Waals surface area contributed by atoms with E-state index in [0.717, 1.165) is 36.2 Å². The average molecular weight is 309 g/mol. The average Bonchev–Trinajstić information content (AvgIpc) is 2.83. The van der Waals surface area contributed by atoms with Crippen LogP contribution in [0.2, 0.25) is 0 Å². The molecule has 0 aliphatic carbocycles. The minimum Gasteiger partial charge on any atom is -0.475 e. The number of aromatic nitrogens is 2. The van der Waals surface area contributed by atoms with Gasteiger partial charge in [0.1, 0.15) is 11.4 Å². The molecule has 0 aromatic carbocycles. The molecule has 0 fully saturated rings. The quantitative estimate of drug-likeness (QED) is 0.717. The number of thiophene rings is 1. The van der Waals surface area contributed by atoms with E-state index in [4.69, 9.17) is 9.47 Å². The van der Waals surface area contributed by atoms with E-state index in [1.54, 1.807) is 11.3 Å². The third-order valence-electron chi connectivity index (χ3n) is 2.92. The number of aryl methyl sites for hydroxylation is 1. The lowest BCUT2D eigenvalue weighted by atomic mass is 10.3. The van der Waals surface area contributed by atoms with Gasteiger partial charge in [-0.25, -0.2) is 4.98 Å². The standard InChI is InChI=1S/C15H23N3O2S/c1-4-6-7-19-8-9-20-13-12-10-11(3)21-14(12)18-15(17-13)16-5-2/h10H,4-9H2,1-3H3,(H,16,17,18). The van der Waals surface area contributed by atoms with Gasteiger partial charge in [0.15, 0.2) is 0 Å². The Hall–Kier alpha value is -1.40. The third kappa shape index (κ3) is 4.54. The zero-order chi connectivity index (χ0) is 15.1. The maximum Gasteiger partial charge on any atom is 0.227 e. The lowest BCUT2D eigenvalue weighted by molar-refractivity contribution is 0.0971. The first-order valence-electron chi connectivity index (χ1n) is 7.47. The molecule has 0 spiro atoms. The number of unbranched alkanes of at least 4 members (excludes halogenated alkanes) is 1.